The number of rotatable bonds is 5. The third-order valence-electron chi connectivity index (χ3n) is 8.38. The maximum atomic E-state index is 14.2. The molecule has 38 heavy (non-hydrogen) atoms. The number of hydrogen-bond donors (Lipinski definition) is 0. The van der Waals surface area contributed by atoms with Crippen molar-refractivity contribution in [2.24, 2.45) is 5.92 Å². The average Bonchev–Trinajstić information content (AvgIpc) is 3.24. The standard InChI is InChI=1S/C31H29F2NO4/c1-37-30-27(32)15-19(16-28(30)33)29(35)18-13-20-7-6-8-21(14-18)34(20)31(36)38-17-26-24-11-4-2-9-22(24)23-10-3-5-12-25(23)26/h2-5,9-12,15-16,18,20-21,26H,6-8,13-14,17H2,1H3. The quantitative estimate of drug-likeness (QED) is 0.352. The molecule has 2 aliphatic heterocycles. The molecule has 0 aromatic heterocycles. The molecule has 1 amide bonds. The van der Waals surface area contributed by atoms with E-state index in [9.17, 15) is 18.4 Å². The number of methoxy groups -OCH3 is 1. The first-order valence-electron chi connectivity index (χ1n) is 13.2. The van der Waals surface area contributed by atoms with Crippen molar-refractivity contribution < 1.29 is 27.8 Å². The highest BCUT2D eigenvalue weighted by Gasteiger charge is 2.44. The molecule has 0 radical (unpaired) electrons. The van der Waals surface area contributed by atoms with Gasteiger partial charge in [0.05, 0.1) is 7.11 Å². The fraction of sp³-hybridized carbons (Fsp3) is 0.355. The predicted octanol–water partition coefficient (Wildman–Crippen LogP) is 6.74. The van der Waals surface area contributed by atoms with Crippen LogP contribution in [0.15, 0.2) is 60.7 Å². The van der Waals surface area contributed by atoms with E-state index in [4.69, 9.17) is 9.47 Å². The molecule has 6 rings (SSSR count). The van der Waals surface area contributed by atoms with Gasteiger partial charge in [-0.15, -0.1) is 0 Å². The molecule has 2 bridgehead atoms. The van der Waals surface area contributed by atoms with Gasteiger partial charge in [0.25, 0.3) is 0 Å². The number of amides is 1. The Kier molecular flexibility index (Phi) is 6.38. The summed E-state index contributed by atoms with van der Waals surface area (Å²) in [7, 11) is 1.18. The lowest BCUT2D eigenvalue weighted by molar-refractivity contribution is 0.00650. The summed E-state index contributed by atoms with van der Waals surface area (Å²) in [4.78, 5) is 28.5. The van der Waals surface area contributed by atoms with E-state index >= 15 is 0 Å². The number of nitrogens with zero attached hydrogens (tertiary/aromatic N) is 1. The Morgan fingerprint density at radius 2 is 1.45 bits per heavy atom. The molecule has 5 nitrogen and oxygen atoms in total. The van der Waals surface area contributed by atoms with Gasteiger partial charge < -0.3 is 14.4 Å². The Balaban J connectivity index is 1.16. The number of halogens is 2. The number of Topliss-reactive ketones (excluding diaryl/α,β-unsaturated/α-hetero) is 1. The van der Waals surface area contributed by atoms with Crippen LogP contribution in [-0.4, -0.2) is 42.6 Å². The second-order valence-electron chi connectivity index (χ2n) is 10.5. The molecular formula is C31H29F2NO4. The zero-order valence-electron chi connectivity index (χ0n) is 21.2. The van der Waals surface area contributed by atoms with Crippen LogP contribution in [0.3, 0.4) is 0 Å². The van der Waals surface area contributed by atoms with Crippen molar-refractivity contribution in [1.82, 2.24) is 4.90 Å². The second-order valence-corrected chi connectivity index (χ2v) is 10.5. The summed E-state index contributed by atoms with van der Waals surface area (Å²) in [5.41, 5.74) is 4.66. The van der Waals surface area contributed by atoms with Crippen molar-refractivity contribution in [3.8, 4) is 16.9 Å². The van der Waals surface area contributed by atoms with Gasteiger partial charge >= 0.3 is 6.09 Å². The van der Waals surface area contributed by atoms with Crippen LogP contribution in [0.25, 0.3) is 11.1 Å². The van der Waals surface area contributed by atoms with Gasteiger partial charge in [-0.05, 0) is 66.5 Å². The summed E-state index contributed by atoms with van der Waals surface area (Å²) >= 11 is 0. The molecule has 2 heterocycles. The van der Waals surface area contributed by atoms with Crippen molar-refractivity contribution >= 4 is 11.9 Å². The number of carbonyl (C=O) groups excluding carboxylic acids is 2. The van der Waals surface area contributed by atoms with Crippen molar-refractivity contribution in [2.75, 3.05) is 13.7 Å². The number of carbonyl (C=O) groups is 2. The van der Waals surface area contributed by atoms with Crippen molar-refractivity contribution in [1.29, 1.82) is 0 Å². The molecule has 3 aromatic carbocycles. The number of hydrogen-bond acceptors (Lipinski definition) is 4. The van der Waals surface area contributed by atoms with Crippen molar-refractivity contribution in [2.45, 2.75) is 50.1 Å². The topological polar surface area (TPSA) is 55.8 Å². The normalized spacial score (nSPS) is 22.0. The Bertz CT molecular complexity index is 1320. The largest absolute Gasteiger partial charge is 0.491 e. The molecule has 0 N–H and O–H groups in total. The van der Waals surface area contributed by atoms with Crippen LogP contribution >= 0.6 is 0 Å². The number of ketones is 1. The van der Waals surface area contributed by atoms with Crippen LogP contribution in [-0.2, 0) is 4.74 Å². The minimum Gasteiger partial charge on any atom is -0.491 e. The van der Waals surface area contributed by atoms with Crippen LogP contribution in [0.2, 0.25) is 0 Å². The molecule has 3 aliphatic rings. The Hall–Kier alpha value is -3.74. The molecule has 2 fully saturated rings. The van der Waals surface area contributed by atoms with E-state index in [1.807, 2.05) is 29.2 Å². The highest BCUT2D eigenvalue weighted by molar-refractivity contribution is 5.98. The molecule has 196 valence electrons. The number of fused-ring (bicyclic) bond motifs is 5. The van der Waals surface area contributed by atoms with Gasteiger partial charge in [-0.1, -0.05) is 48.5 Å². The highest BCUT2D eigenvalue weighted by atomic mass is 19.1. The summed E-state index contributed by atoms with van der Waals surface area (Å²) in [5, 5.41) is 0. The summed E-state index contributed by atoms with van der Waals surface area (Å²) in [6.07, 6.45) is 3.07. The minimum absolute atomic E-state index is 0.00142. The van der Waals surface area contributed by atoms with E-state index in [1.165, 1.54) is 18.2 Å². The van der Waals surface area contributed by atoms with E-state index in [-0.39, 0.29) is 42.0 Å². The first-order valence-corrected chi connectivity index (χ1v) is 13.2. The lowest BCUT2D eigenvalue weighted by Gasteiger charge is -2.47. The summed E-state index contributed by atoms with van der Waals surface area (Å²) in [6, 6.07) is 18.2. The zero-order chi connectivity index (χ0) is 26.4. The first-order chi connectivity index (χ1) is 18.5. The van der Waals surface area contributed by atoms with Gasteiger partial charge in [-0.25, -0.2) is 13.6 Å². The smallest absolute Gasteiger partial charge is 0.410 e. The summed E-state index contributed by atoms with van der Waals surface area (Å²) < 4.78 is 39.2. The number of piperidine rings is 2. The number of benzene rings is 3. The molecule has 3 aromatic rings. The van der Waals surface area contributed by atoms with Crippen molar-refractivity contribution in [3.05, 3.63) is 89.0 Å². The minimum atomic E-state index is -0.896. The molecule has 0 spiro atoms. The molecule has 0 saturated carbocycles. The van der Waals surface area contributed by atoms with Crippen LogP contribution in [0.5, 0.6) is 5.75 Å². The van der Waals surface area contributed by atoms with Gasteiger partial charge in [-0.3, -0.25) is 4.79 Å². The van der Waals surface area contributed by atoms with Gasteiger partial charge in [0.1, 0.15) is 6.61 Å². The monoisotopic (exact) mass is 517 g/mol. The highest BCUT2D eigenvalue weighted by Crippen LogP contribution is 2.45. The van der Waals surface area contributed by atoms with E-state index in [0.717, 1.165) is 42.5 Å². The molecule has 7 heteroatoms. The van der Waals surface area contributed by atoms with E-state index in [0.29, 0.717) is 12.8 Å². The third kappa shape index (κ3) is 4.14. The third-order valence-corrected chi connectivity index (χ3v) is 8.38. The van der Waals surface area contributed by atoms with Gasteiger partial charge in [-0.2, -0.15) is 0 Å². The predicted molar refractivity (Wildman–Crippen MR) is 138 cm³/mol. The fourth-order valence-electron chi connectivity index (χ4n) is 6.69. The maximum absolute atomic E-state index is 14.2. The molecular weight excluding hydrogens is 488 g/mol. The van der Waals surface area contributed by atoms with Crippen LogP contribution in [0.1, 0.15) is 59.5 Å². The van der Waals surface area contributed by atoms with Crippen LogP contribution in [0, 0.1) is 17.6 Å². The molecule has 2 unspecified atom stereocenters. The van der Waals surface area contributed by atoms with E-state index < -0.39 is 23.3 Å². The Morgan fingerprint density at radius 1 is 0.895 bits per heavy atom. The number of ether oxygens (including phenoxy) is 2. The Morgan fingerprint density at radius 3 is 2.00 bits per heavy atom. The van der Waals surface area contributed by atoms with Gasteiger partial charge in [0.2, 0.25) is 0 Å². The fourth-order valence-corrected chi connectivity index (χ4v) is 6.69. The second kappa shape index (κ2) is 9.86. The lowest BCUT2D eigenvalue weighted by Crippen LogP contribution is -2.55. The van der Waals surface area contributed by atoms with Gasteiger partial charge in [0, 0.05) is 29.5 Å². The average molecular weight is 518 g/mol. The summed E-state index contributed by atoms with van der Waals surface area (Å²) in [5.74, 6) is -3.02. The molecule has 2 saturated heterocycles. The lowest BCUT2D eigenvalue weighted by atomic mass is 9.76. The van der Waals surface area contributed by atoms with Gasteiger partial charge in [0.15, 0.2) is 23.2 Å². The van der Waals surface area contributed by atoms with E-state index in [1.54, 1.807) is 0 Å². The first kappa shape index (κ1) is 24.6. The summed E-state index contributed by atoms with van der Waals surface area (Å²) in [6.45, 7) is 0.246. The molecule has 1 aliphatic carbocycles. The van der Waals surface area contributed by atoms with E-state index in [2.05, 4.69) is 24.3 Å². The zero-order valence-corrected chi connectivity index (χ0v) is 21.2. The van der Waals surface area contributed by atoms with Crippen LogP contribution < -0.4 is 4.74 Å². The SMILES string of the molecule is COc1c(F)cc(C(=O)C2CC3CCCC(C2)N3C(=O)OCC2c3ccccc3-c3ccccc32)cc1F. The van der Waals surface area contributed by atoms with Crippen molar-refractivity contribution in [3.63, 3.8) is 0 Å². The molecule has 2 atom stereocenters. The Labute approximate surface area is 220 Å². The maximum Gasteiger partial charge on any atom is 0.410 e. The van der Waals surface area contributed by atoms with Crippen LogP contribution in [0.4, 0.5) is 13.6 Å².